The van der Waals surface area contributed by atoms with Crippen LogP contribution < -0.4 is 15.2 Å². The number of nitrogens with two attached hydrogens (primary N) is 1. The molecule has 0 atom stereocenters. The van der Waals surface area contributed by atoms with Gasteiger partial charge in [0.15, 0.2) is 11.5 Å². The molecule has 0 radical (unpaired) electrons. The molecule has 3 aromatic rings. The predicted molar refractivity (Wildman–Crippen MR) is 86.6 cm³/mol. The third-order valence-corrected chi connectivity index (χ3v) is 4.38. The second-order valence-electron chi connectivity index (χ2n) is 4.61. The summed E-state index contributed by atoms with van der Waals surface area (Å²) in [4.78, 5) is 4.59. The number of ether oxygens (including phenoxy) is 2. The van der Waals surface area contributed by atoms with Gasteiger partial charge in [0.2, 0.25) is 6.79 Å². The van der Waals surface area contributed by atoms with Gasteiger partial charge < -0.3 is 15.2 Å². The van der Waals surface area contributed by atoms with Crippen LogP contribution in [0.4, 0.5) is 5.82 Å². The van der Waals surface area contributed by atoms with Crippen LogP contribution in [-0.4, -0.2) is 16.2 Å². The third kappa shape index (κ3) is 1.99. The third-order valence-electron chi connectivity index (χ3n) is 3.32. The molecule has 5 nitrogen and oxygen atoms in total. The molecule has 1 aliphatic heterocycles. The summed E-state index contributed by atoms with van der Waals surface area (Å²) < 4.78 is 14.4. The van der Waals surface area contributed by atoms with E-state index in [0.29, 0.717) is 23.0 Å². The highest BCUT2D eigenvalue weighted by Gasteiger charge is 2.21. The molecule has 21 heavy (non-hydrogen) atoms. The van der Waals surface area contributed by atoms with Crippen LogP contribution in [0.3, 0.4) is 0 Å². The van der Waals surface area contributed by atoms with Gasteiger partial charge >= 0.3 is 0 Å². The average molecular weight is 411 g/mol. The highest BCUT2D eigenvalue weighted by molar-refractivity contribution is 9.10. The number of benzene rings is 1. The molecule has 2 N–H and O–H groups in total. The zero-order valence-electron chi connectivity index (χ0n) is 10.6. The number of nitrogens with zero attached hydrogens (tertiary/aromatic N) is 2. The molecule has 2 aromatic heterocycles. The number of aromatic nitrogens is 2. The first kappa shape index (κ1) is 13.0. The predicted octanol–water partition coefficient (Wildman–Crippen LogP) is 3.84. The lowest BCUT2D eigenvalue weighted by Crippen LogP contribution is -1.94. The van der Waals surface area contributed by atoms with Crippen molar-refractivity contribution in [2.45, 2.75) is 0 Å². The van der Waals surface area contributed by atoms with E-state index in [9.17, 15) is 0 Å². The van der Waals surface area contributed by atoms with Crippen LogP contribution in [0.5, 0.6) is 11.5 Å². The molecular weight excluding hydrogens is 402 g/mol. The van der Waals surface area contributed by atoms with Gasteiger partial charge in [-0.25, -0.2) is 4.98 Å². The van der Waals surface area contributed by atoms with Gasteiger partial charge in [0.05, 0.1) is 4.47 Å². The maximum atomic E-state index is 6.23. The Morgan fingerprint density at radius 2 is 2.05 bits per heavy atom. The van der Waals surface area contributed by atoms with Crippen LogP contribution in [0.1, 0.15) is 0 Å². The van der Waals surface area contributed by atoms with Gasteiger partial charge in [-0.3, -0.25) is 4.40 Å². The highest BCUT2D eigenvalue weighted by atomic mass is 79.9. The Kier molecular flexibility index (Phi) is 2.87. The Morgan fingerprint density at radius 1 is 1.19 bits per heavy atom. The van der Waals surface area contributed by atoms with Gasteiger partial charge in [0, 0.05) is 16.2 Å². The number of rotatable bonds is 1. The molecule has 106 valence electrons. The molecule has 0 saturated heterocycles. The lowest BCUT2D eigenvalue weighted by Gasteiger charge is -2.04. The number of imidazole rings is 1. The topological polar surface area (TPSA) is 61.8 Å². The van der Waals surface area contributed by atoms with E-state index in [0.717, 1.165) is 20.2 Å². The molecule has 0 amide bonds. The normalized spacial score (nSPS) is 13.0. The van der Waals surface area contributed by atoms with E-state index in [-0.39, 0.29) is 6.79 Å². The minimum absolute atomic E-state index is 0.227. The molecule has 0 aliphatic carbocycles. The summed E-state index contributed by atoms with van der Waals surface area (Å²) in [5.41, 5.74) is 8.61. The van der Waals surface area contributed by atoms with Crippen molar-refractivity contribution >= 4 is 43.3 Å². The first-order chi connectivity index (χ1) is 10.1. The van der Waals surface area contributed by atoms with E-state index in [2.05, 4.69) is 36.8 Å². The maximum Gasteiger partial charge on any atom is 0.231 e. The second kappa shape index (κ2) is 4.64. The molecule has 0 bridgehead atoms. The number of pyridine rings is 1. The largest absolute Gasteiger partial charge is 0.454 e. The molecule has 0 saturated carbocycles. The SMILES string of the molecule is Nc1c(-c2cc(Br)c3c(c2)OCO3)nc2ccc(Br)cn12. The fourth-order valence-electron chi connectivity index (χ4n) is 2.35. The smallest absolute Gasteiger partial charge is 0.231 e. The van der Waals surface area contributed by atoms with E-state index < -0.39 is 0 Å². The van der Waals surface area contributed by atoms with Crippen LogP contribution in [-0.2, 0) is 0 Å². The molecule has 1 aromatic carbocycles. The molecule has 0 unspecified atom stereocenters. The van der Waals surface area contributed by atoms with Crippen LogP contribution >= 0.6 is 31.9 Å². The highest BCUT2D eigenvalue weighted by Crippen LogP contribution is 2.43. The molecule has 0 fully saturated rings. The Bertz CT molecular complexity index is 876. The monoisotopic (exact) mass is 409 g/mol. The first-order valence-corrected chi connectivity index (χ1v) is 7.74. The summed E-state index contributed by atoms with van der Waals surface area (Å²) in [6, 6.07) is 7.66. The quantitative estimate of drug-likeness (QED) is 0.662. The zero-order chi connectivity index (χ0) is 14.6. The van der Waals surface area contributed by atoms with Crippen LogP contribution in [0.2, 0.25) is 0 Å². The van der Waals surface area contributed by atoms with Gasteiger partial charge in [-0.05, 0) is 56.1 Å². The minimum Gasteiger partial charge on any atom is -0.454 e. The van der Waals surface area contributed by atoms with Crippen molar-refractivity contribution in [1.29, 1.82) is 0 Å². The van der Waals surface area contributed by atoms with Crippen molar-refractivity contribution < 1.29 is 9.47 Å². The fraction of sp³-hybridized carbons (Fsp3) is 0.0714. The number of hydrogen-bond acceptors (Lipinski definition) is 4. The standard InChI is InChI=1S/C14H9Br2N3O2/c15-8-1-2-11-18-12(14(17)19(11)5-8)7-3-9(16)13-10(4-7)20-6-21-13/h1-5H,6,17H2. The van der Waals surface area contributed by atoms with Gasteiger partial charge in [-0.1, -0.05) is 0 Å². The minimum atomic E-state index is 0.227. The second-order valence-corrected chi connectivity index (χ2v) is 6.38. The Morgan fingerprint density at radius 3 is 2.90 bits per heavy atom. The van der Waals surface area contributed by atoms with Gasteiger partial charge in [0.25, 0.3) is 0 Å². The molecule has 7 heteroatoms. The van der Waals surface area contributed by atoms with Crippen molar-refractivity contribution in [3.63, 3.8) is 0 Å². The Hall–Kier alpha value is -1.73. The summed E-state index contributed by atoms with van der Waals surface area (Å²) in [5, 5.41) is 0. The van der Waals surface area contributed by atoms with E-state index in [1.165, 1.54) is 0 Å². The van der Waals surface area contributed by atoms with E-state index in [1.54, 1.807) is 0 Å². The summed E-state index contributed by atoms with van der Waals surface area (Å²) in [7, 11) is 0. The lowest BCUT2D eigenvalue weighted by molar-refractivity contribution is 0.173. The van der Waals surface area contributed by atoms with Crippen molar-refractivity contribution in [1.82, 2.24) is 9.38 Å². The van der Waals surface area contributed by atoms with E-state index in [4.69, 9.17) is 15.2 Å². The summed E-state index contributed by atoms with van der Waals surface area (Å²) in [6.45, 7) is 0.227. The van der Waals surface area contributed by atoms with Crippen molar-refractivity contribution in [3.05, 3.63) is 39.4 Å². The van der Waals surface area contributed by atoms with Crippen molar-refractivity contribution in [3.8, 4) is 22.8 Å². The summed E-state index contributed by atoms with van der Waals surface area (Å²) >= 11 is 6.92. The zero-order valence-corrected chi connectivity index (χ0v) is 13.8. The maximum absolute atomic E-state index is 6.23. The van der Waals surface area contributed by atoms with Gasteiger partial charge in [0.1, 0.15) is 17.2 Å². The van der Waals surface area contributed by atoms with Crippen molar-refractivity contribution in [2.24, 2.45) is 0 Å². The molecule has 4 rings (SSSR count). The Labute approximate surface area is 136 Å². The fourth-order valence-corrected chi connectivity index (χ4v) is 3.25. The van der Waals surface area contributed by atoms with E-state index in [1.807, 2.05) is 34.9 Å². The molecule has 3 heterocycles. The van der Waals surface area contributed by atoms with Crippen LogP contribution in [0.25, 0.3) is 16.9 Å². The number of anilines is 1. The average Bonchev–Trinajstić information content (AvgIpc) is 3.05. The number of nitrogen functional groups attached to an aromatic ring is 1. The molecule has 0 spiro atoms. The molecular formula is C14H9Br2N3O2. The Balaban J connectivity index is 1.95. The summed E-state index contributed by atoms with van der Waals surface area (Å²) in [5.74, 6) is 1.98. The lowest BCUT2D eigenvalue weighted by atomic mass is 10.1. The number of fused-ring (bicyclic) bond motifs is 2. The van der Waals surface area contributed by atoms with Gasteiger partial charge in [-0.2, -0.15) is 0 Å². The van der Waals surface area contributed by atoms with Crippen LogP contribution in [0.15, 0.2) is 39.4 Å². The van der Waals surface area contributed by atoms with E-state index >= 15 is 0 Å². The number of halogens is 2. The first-order valence-electron chi connectivity index (χ1n) is 6.16. The molecule has 1 aliphatic rings. The van der Waals surface area contributed by atoms with Crippen molar-refractivity contribution in [2.75, 3.05) is 12.5 Å². The summed E-state index contributed by atoms with van der Waals surface area (Å²) in [6.07, 6.45) is 1.89. The van der Waals surface area contributed by atoms with Crippen LogP contribution in [0, 0.1) is 0 Å². The number of hydrogen-bond donors (Lipinski definition) is 1. The van der Waals surface area contributed by atoms with Gasteiger partial charge in [-0.15, -0.1) is 0 Å².